The molecule has 1 heterocycles. The number of aryl methyl sites for hydroxylation is 1. The number of carbonyl (C=O) groups is 1. The summed E-state index contributed by atoms with van der Waals surface area (Å²) in [5.74, 6) is 0.695. The Morgan fingerprint density at radius 2 is 2.00 bits per heavy atom. The van der Waals surface area contributed by atoms with Gasteiger partial charge in [0, 0.05) is 37.5 Å². The van der Waals surface area contributed by atoms with E-state index in [1.165, 1.54) is 0 Å². The second kappa shape index (κ2) is 7.80. The number of hydrogen-bond donors (Lipinski definition) is 3. The number of carbonyl (C=O) groups excluding carboxylic acids is 1. The summed E-state index contributed by atoms with van der Waals surface area (Å²) >= 11 is 0. The lowest BCUT2D eigenvalue weighted by Crippen LogP contribution is -2.36. The van der Waals surface area contributed by atoms with Crippen LogP contribution in [0, 0.1) is 6.92 Å². The van der Waals surface area contributed by atoms with Gasteiger partial charge in [0.1, 0.15) is 5.82 Å². The van der Waals surface area contributed by atoms with Gasteiger partial charge in [-0.25, -0.2) is 4.98 Å². The van der Waals surface area contributed by atoms with Gasteiger partial charge < -0.3 is 20.6 Å². The fourth-order valence-electron chi connectivity index (χ4n) is 2.97. The van der Waals surface area contributed by atoms with Gasteiger partial charge in [0.25, 0.3) is 5.91 Å². The zero-order valence-corrected chi connectivity index (χ0v) is 17.3. The molecular formula is C22H30N4O2. The van der Waals surface area contributed by atoms with E-state index in [1.807, 2.05) is 64.2 Å². The Labute approximate surface area is 167 Å². The first kappa shape index (κ1) is 20.1. The Morgan fingerprint density at radius 3 is 2.61 bits per heavy atom. The molecule has 0 aliphatic heterocycles. The van der Waals surface area contributed by atoms with Crippen LogP contribution in [0.5, 0.6) is 0 Å². The van der Waals surface area contributed by atoms with E-state index < -0.39 is 5.54 Å². The molecule has 3 rings (SSSR count). The average Bonchev–Trinajstić information content (AvgIpc) is 3.46. The maximum Gasteiger partial charge on any atom is 0.251 e. The van der Waals surface area contributed by atoms with Crippen molar-refractivity contribution in [3.63, 3.8) is 0 Å². The predicted octanol–water partition coefficient (Wildman–Crippen LogP) is 3.20. The Hall–Kier alpha value is -2.60. The lowest BCUT2D eigenvalue weighted by atomic mass is 9.98. The molecule has 0 radical (unpaired) electrons. The zero-order chi connectivity index (χ0) is 20.5. The van der Waals surface area contributed by atoms with Crippen LogP contribution in [-0.4, -0.2) is 48.3 Å². The summed E-state index contributed by atoms with van der Waals surface area (Å²) in [5, 5.41) is 15.9. The standard InChI is InChI=1S/C22H30N4O2/c1-14-6-7-15(21(28)24-17-8-9-17)10-18(14)16-11-19(26(4)5)20(23-12-16)25-22(2,3)13-27/h6-7,10-12,17,27H,8-9,13H2,1-5H3,(H,23,25)(H,24,28). The van der Waals surface area contributed by atoms with Crippen LogP contribution in [0.15, 0.2) is 30.5 Å². The van der Waals surface area contributed by atoms with Crippen LogP contribution in [-0.2, 0) is 0 Å². The number of benzene rings is 1. The molecule has 150 valence electrons. The normalized spacial score (nSPS) is 13.9. The Morgan fingerprint density at radius 1 is 1.29 bits per heavy atom. The fraction of sp³-hybridized carbons (Fsp3) is 0.455. The van der Waals surface area contributed by atoms with Crippen molar-refractivity contribution in [1.29, 1.82) is 0 Å². The molecule has 0 spiro atoms. The lowest BCUT2D eigenvalue weighted by Gasteiger charge is -2.27. The molecule has 1 saturated carbocycles. The second-order valence-electron chi connectivity index (χ2n) is 8.43. The smallest absolute Gasteiger partial charge is 0.251 e. The van der Waals surface area contributed by atoms with Crippen molar-refractivity contribution >= 4 is 17.4 Å². The van der Waals surface area contributed by atoms with Crippen LogP contribution in [0.1, 0.15) is 42.6 Å². The average molecular weight is 383 g/mol. The van der Waals surface area contributed by atoms with Crippen LogP contribution in [0.3, 0.4) is 0 Å². The maximum absolute atomic E-state index is 12.4. The maximum atomic E-state index is 12.4. The highest BCUT2D eigenvalue weighted by Gasteiger charge is 2.24. The predicted molar refractivity (Wildman–Crippen MR) is 114 cm³/mol. The summed E-state index contributed by atoms with van der Waals surface area (Å²) in [6, 6.07) is 8.19. The van der Waals surface area contributed by atoms with Gasteiger partial charge in [-0.15, -0.1) is 0 Å². The number of pyridine rings is 1. The molecule has 0 atom stereocenters. The van der Waals surface area contributed by atoms with Crippen LogP contribution >= 0.6 is 0 Å². The van der Waals surface area contributed by atoms with E-state index in [4.69, 9.17) is 0 Å². The van der Waals surface area contributed by atoms with Gasteiger partial charge in [-0.3, -0.25) is 4.79 Å². The number of aliphatic hydroxyl groups excluding tert-OH is 1. The SMILES string of the molecule is Cc1ccc(C(=O)NC2CC2)cc1-c1cnc(NC(C)(C)CO)c(N(C)C)c1. The highest BCUT2D eigenvalue weighted by molar-refractivity contribution is 5.96. The van der Waals surface area contributed by atoms with E-state index >= 15 is 0 Å². The third-order valence-electron chi connectivity index (χ3n) is 4.92. The van der Waals surface area contributed by atoms with E-state index in [1.54, 1.807) is 0 Å². The molecule has 1 aliphatic rings. The summed E-state index contributed by atoms with van der Waals surface area (Å²) in [4.78, 5) is 19.1. The molecule has 1 aliphatic carbocycles. The van der Waals surface area contributed by atoms with Crippen molar-refractivity contribution in [3.05, 3.63) is 41.6 Å². The van der Waals surface area contributed by atoms with Crippen molar-refractivity contribution in [1.82, 2.24) is 10.3 Å². The fourth-order valence-corrected chi connectivity index (χ4v) is 2.97. The minimum absolute atomic E-state index is 0.000555. The first-order valence-corrected chi connectivity index (χ1v) is 9.68. The third kappa shape index (κ3) is 4.62. The Balaban J connectivity index is 1.96. The molecular weight excluding hydrogens is 352 g/mol. The van der Waals surface area contributed by atoms with Crippen LogP contribution in [0.4, 0.5) is 11.5 Å². The first-order valence-electron chi connectivity index (χ1n) is 9.68. The molecule has 28 heavy (non-hydrogen) atoms. The van der Waals surface area contributed by atoms with Crippen LogP contribution in [0.25, 0.3) is 11.1 Å². The molecule has 1 aromatic heterocycles. The highest BCUT2D eigenvalue weighted by Crippen LogP contribution is 2.32. The monoisotopic (exact) mass is 382 g/mol. The third-order valence-corrected chi connectivity index (χ3v) is 4.92. The van der Waals surface area contributed by atoms with Gasteiger partial charge in [-0.2, -0.15) is 0 Å². The summed E-state index contributed by atoms with van der Waals surface area (Å²) in [7, 11) is 3.93. The summed E-state index contributed by atoms with van der Waals surface area (Å²) in [6.45, 7) is 5.89. The number of aromatic nitrogens is 1. The minimum Gasteiger partial charge on any atom is -0.394 e. The van der Waals surface area contributed by atoms with Gasteiger partial charge in [0.15, 0.2) is 0 Å². The minimum atomic E-state index is -0.476. The molecule has 1 fully saturated rings. The van der Waals surface area contributed by atoms with Crippen molar-refractivity contribution in [2.24, 2.45) is 0 Å². The Bertz CT molecular complexity index is 873. The van der Waals surface area contributed by atoms with Gasteiger partial charge in [0.2, 0.25) is 0 Å². The number of aliphatic hydroxyl groups is 1. The van der Waals surface area contributed by atoms with E-state index in [9.17, 15) is 9.90 Å². The van der Waals surface area contributed by atoms with Gasteiger partial charge in [-0.05, 0) is 62.9 Å². The topological polar surface area (TPSA) is 77.5 Å². The summed E-state index contributed by atoms with van der Waals surface area (Å²) in [6.07, 6.45) is 3.95. The Kier molecular flexibility index (Phi) is 5.61. The highest BCUT2D eigenvalue weighted by atomic mass is 16.3. The van der Waals surface area contributed by atoms with Crippen LogP contribution < -0.4 is 15.5 Å². The summed E-state index contributed by atoms with van der Waals surface area (Å²) in [5.41, 5.74) is 4.15. The van der Waals surface area contributed by atoms with Gasteiger partial charge in [-0.1, -0.05) is 6.07 Å². The second-order valence-corrected chi connectivity index (χ2v) is 8.43. The number of rotatable bonds is 7. The lowest BCUT2D eigenvalue weighted by molar-refractivity contribution is 0.0951. The number of anilines is 2. The number of nitrogens with zero attached hydrogens (tertiary/aromatic N) is 2. The van der Waals surface area contributed by atoms with E-state index in [-0.39, 0.29) is 12.5 Å². The molecule has 3 N–H and O–H groups in total. The summed E-state index contributed by atoms with van der Waals surface area (Å²) < 4.78 is 0. The van der Waals surface area contributed by atoms with E-state index in [0.717, 1.165) is 35.2 Å². The molecule has 6 nitrogen and oxygen atoms in total. The zero-order valence-electron chi connectivity index (χ0n) is 17.3. The van der Waals surface area contributed by atoms with Crippen molar-refractivity contribution in [2.45, 2.75) is 45.2 Å². The van der Waals surface area contributed by atoms with Crippen molar-refractivity contribution in [3.8, 4) is 11.1 Å². The number of nitrogens with one attached hydrogen (secondary N) is 2. The van der Waals surface area contributed by atoms with Crippen LogP contribution in [0.2, 0.25) is 0 Å². The molecule has 6 heteroatoms. The molecule has 0 unspecified atom stereocenters. The van der Waals surface area contributed by atoms with Crippen molar-refractivity contribution in [2.75, 3.05) is 30.9 Å². The molecule has 0 bridgehead atoms. The number of amides is 1. The van der Waals surface area contributed by atoms with E-state index in [2.05, 4.69) is 21.7 Å². The largest absolute Gasteiger partial charge is 0.394 e. The molecule has 1 amide bonds. The molecule has 1 aromatic carbocycles. The van der Waals surface area contributed by atoms with Crippen molar-refractivity contribution < 1.29 is 9.90 Å². The first-order chi connectivity index (χ1) is 13.2. The molecule has 2 aromatic rings. The quantitative estimate of drug-likeness (QED) is 0.685. The van der Waals surface area contributed by atoms with Gasteiger partial charge in [0.05, 0.1) is 17.8 Å². The van der Waals surface area contributed by atoms with Gasteiger partial charge >= 0.3 is 0 Å². The number of hydrogen-bond acceptors (Lipinski definition) is 5. The van der Waals surface area contributed by atoms with E-state index in [0.29, 0.717) is 17.4 Å². The molecule has 0 saturated heterocycles.